The first-order valence-corrected chi connectivity index (χ1v) is 9.06. The van der Waals surface area contributed by atoms with E-state index < -0.39 is 0 Å². The van der Waals surface area contributed by atoms with Gasteiger partial charge in [-0.1, -0.05) is 23.4 Å². The van der Waals surface area contributed by atoms with Gasteiger partial charge in [-0.05, 0) is 48.2 Å². The van der Waals surface area contributed by atoms with Crippen molar-refractivity contribution in [2.45, 2.75) is 19.9 Å². The first-order valence-electron chi connectivity index (χ1n) is 9.06. The van der Waals surface area contributed by atoms with Crippen molar-refractivity contribution >= 4 is 16.8 Å². The Hall–Kier alpha value is -3.54. The molecule has 2 aromatic heterocycles. The van der Waals surface area contributed by atoms with E-state index in [9.17, 15) is 4.79 Å². The average Bonchev–Trinajstić information content (AvgIpc) is 3.31. The minimum atomic E-state index is -0.101. The second-order valence-electron chi connectivity index (χ2n) is 6.74. The van der Waals surface area contributed by atoms with Crippen molar-refractivity contribution in [3.63, 3.8) is 0 Å². The molecule has 0 radical (unpaired) electrons. The van der Waals surface area contributed by atoms with Crippen LogP contribution >= 0.6 is 0 Å². The van der Waals surface area contributed by atoms with Crippen molar-refractivity contribution in [3.8, 4) is 17.1 Å². The third-order valence-corrected chi connectivity index (χ3v) is 4.56. The molecule has 0 atom stereocenters. The summed E-state index contributed by atoms with van der Waals surface area (Å²) in [7, 11) is 1.62. The minimum Gasteiger partial charge on any atom is -0.497 e. The number of H-pyrrole nitrogens is 1. The van der Waals surface area contributed by atoms with Crippen LogP contribution < -0.4 is 10.1 Å². The fourth-order valence-corrected chi connectivity index (χ4v) is 3.17. The molecule has 1 amide bonds. The zero-order valence-corrected chi connectivity index (χ0v) is 15.8. The highest BCUT2D eigenvalue weighted by Crippen LogP contribution is 2.24. The Bertz CT molecular complexity index is 1130. The summed E-state index contributed by atoms with van der Waals surface area (Å²) in [6, 6.07) is 17.5. The van der Waals surface area contributed by atoms with Gasteiger partial charge in [0, 0.05) is 29.4 Å². The van der Waals surface area contributed by atoms with Crippen LogP contribution in [0.1, 0.15) is 17.0 Å². The van der Waals surface area contributed by atoms with Crippen LogP contribution in [0.4, 0.5) is 0 Å². The van der Waals surface area contributed by atoms with Gasteiger partial charge in [-0.25, -0.2) is 0 Å². The van der Waals surface area contributed by atoms with Gasteiger partial charge >= 0.3 is 0 Å². The summed E-state index contributed by atoms with van der Waals surface area (Å²) < 4.78 is 10.6. The second kappa shape index (κ2) is 7.60. The molecule has 0 aliphatic rings. The van der Waals surface area contributed by atoms with Crippen LogP contribution in [0.15, 0.2) is 59.1 Å². The zero-order chi connectivity index (χ0) is 19.5. The first-order chi connectivity index (χ1) is 13.6. The Morgan fingerprint density at radius 1 is 1.18 bits per heavy atom. The number of rotatable bonds is 6. The second-order valence-corrected chi connectivity index (χ2v) is 6.74. The summed E-state index contributed by atoms with van der Waals surface area (Å²) in [6.45, 7) is 2.50. The molecule has 0 saturated heterocycles. The topological polar surface area (TPSA) is 80.1 Å². The van der Waals surface area contributed by atoms with Crippen LogP contribution in [-0.4, -0.2) is 23.2 Å². The van der Waals surface area contributed by atoms with Gasteiger partial charge in [-0.15, -0.1) is 0 Å². The maximum absolute atomic E-state index is 12.3. The molecule has 0 fully saturated rings. The number of carbonyl (C=O) groups is 1. The van der Waals surface area contributed by atoms with E-state index in [1.807, 2.05) is 43.3 Å². The molecule has 0 spiro atoms. The summed E-state index contributed by atoms with van der Waals surface area (Å²) in [5, 5.41) is 8.08. The highest BCUT2D eigenvalue weighted by atomic mass is 16.5. The van der Waals surface area contributed by atoms with E-state index in [-0.39, 0.29) is 12.3 Å². The van der Waals surface area contributed by atoms with E-state index in [1.54, 1.807) is 13.2 Å². The number of fused-ring (bicyclic) bond motifs is 1. The van der Waals surface area contributed by atoms with Crippen molar-refractivity contribution < 1.29 is 14.1 Å². The lowest BCUT2D eigenvalue weighted by molar-refractivity contribution is -0.120. The Balaban J connectivity index is 1.37. The number of ether oxygens (including phenoxy) is 1. The molecule has 0 aliphatic heterocycles. The molecule has 142 valence electrons. The summed E-state index contributed by atoms with van der Waals surface area (Å²) >= 11 is 0. The number of hydrogen-bond donors (Lipinski definition) is 2. The monoisotopic (exact) mass is 375 g/mol. The van der Waals surface area contributed by atoms with Gasteiger partial charge in [0.25, 0.3) is 0 Å². The Kier molecular flexibility index (Phi) is 4.85. The van der Waals surface area contributed by atoms with Crippen LogP contribution in [0.2, 0.25) is 0 Å². The van der Waals surface area contributed by atoms with E-state index >= 15 is 0 Å². The van der Waals surface area contributed by atoms with Crippen molar-refractivity contribution in [1.82, 2.24) is 15.5 Å². The van der Waals surface area contributed by atoms with Crippen molar-refractivity contribution in [3.05, 3.63) is 71.5 Å². The van der Waals surface area contributed by atoms with Crippen LogP contribution in [-0.2, 0) is 17.8 Å². The number of nitrogens with one attached hydrogen (secondary N) is 2. The predicted molar refractivity (Wildman–Crippen MR) is 107 cm³/mol. The minimum absolute atomic E-state index is 0.101. The number of nitrogens with zero attached hydrogens (tertiary/aromatic N) is 1. The average molecular weight is 375 g/mol. The fourth-order valence-electron chi connectivity index (χ4n) is 3.17. The van der Waals surface area contributed by atoms with Gasteiger partial charge in [0.2, 0.25) is 5.91 Å². The third-order valence-electron chi connectivity index (χ3n) is 4.56. The largest absolute Gasteiger partial charge is 0.497 e. The van der Waals surface area contributed by atoms with Gasteiger partial charge in [-0.2, -0.15) is 0 Å². The number of amides is 1. The molecule has 4 rings (SSSR count). The SMILES string of the molecule is COc1cccc(-c2cc(CC(=O)NCc3ccc4[nH]c(C)cc4c3)no2)c1. The third kappa shape index (κ3) is 3.91. The molecule has 0 aliphatic carbocycles. The zero-order valence-electron chi connectivity index (χ0n) is 15.8. The van der Waals surface area contributed by atoms with E-state index in [4.69, 9.17) is 9.26 Å². The fraction of sp³-hybridized carbons (Fsp3) is 0.182. The van der Waals surface area contributed by atoms with Crippen LogP contribution in [0, 0.1) is 6.92 Å². The number of aromatic nitrogens is 2. The van der Waals surface area contributed by atoms with Gasteiger partial charge in [0.15, 0.2) is 5.76 Å². The molecule has 2 aromatic carbocycles. The Morgan fingerprint density at radius 2 is 2.07 bits per heavy atom. The van der Waals surface area contributed by atoms with Crippen LogP contribution in [0.25, 0.3) is 22.2 Å². The number of carbonyl (C=O) groups excluding carboxylic acids is 1. The van der Waals surface area contributed by atoms with Crippen molar-refractivity contribution in [2.75, 3.05) is 7.11 Å². The number of aryl methyl sites for hydroxylation is 1. The molecule has 28 heavy (non-hydrogen) atoms. The van der Waals surface area contributed by atoms with Gasteiger partial charge in [0.05, 0.1) is 19.2 Å². The van der Waals surface area contributed by atoms with Crippen molar-refractivity contribution in [1.29, 1.82) is 0 Å². The molecular weight excluding hydrogens is 354 g/mol. The van der Waals surface area contributed by atoms with E-state index in [0.29, 0.717) is 18.0 Å². The molecule has 2 heterocycles. The maximum Gasteiger partial charge on any atom is 0.226 e. The standard InChI is InChI=1S/C22H21N3O3/c1-14-8-17-9-15(6-7-20(17)24-14)13-23-22(26)12-18-11-21(28-25-18)16-4-3-5-19(10-16)27-2/h3-11,24H,12-13H2,1-2H3,(H,23,26). The van der Waals surface area contributed by atoms with Crippen LogP contribution in [0.5, 0.6) is 5.75 Å². The quantitative estimate of drug-likeness (QED) is 0.534. The van der Waals surface area contributed by atoms with E-state index in [2.05, 4.69) is 27.6 Å². The van der Waals surface area contributed by atoms with Gasteiger partial charge in [-0.3, -0.25) is 4.79 Å². The van der Waals surface area contributed by atoms with Gasteiger partial charge < -0.3 is 19.6 Å². The molecule has 2 N–H and O–H groups in total. The predicted octanol–water partition coefficient (Wildman–Crippen LogP) is 4.00. The van der Waals surface area contributed by atoms with Gasteiger partial charge in [0.1, 0.15) is 5.75 Å². The van der Waals surface area contributed by atoms with E-state index in [0.717, 1.165) is 33.5 Å². The van der Waals surface area contributed by atoms with E-state index in [1.165, 1.54) is 0 Å². The molecular formula is C22H21N3O3. The smallest absolute Gasteiger partial charge is 0.226 e. The lowest BCUT2D eigenvalue weighted by Crippen LogP contribution is -2.24. The Morgan fingerprint density at radius 3 is 2.93 bits per heavy atom. The summed E-state index contributed by atoms with van der Waals surface area (Å²) in [6.07, 6.45) is 0.166. The van der Waals surface area contributed by atoms with Crippen LogP contribution in [0.3, 0.4) is 0 Å². The highest BCUT2D eigenvalue weighted by molar-refractivity contribution is 5.82. The molecule has 6 nitrogen and oxygen atoms in total. The number of benzene rings is 2. The highest BCUT2D eigenvalue weighted by Gasteiger charge is 2.11. The summed E-state index contributed by atoms with van der Waals surface area (Å²) in [5.74, 6) is 1.24. The summed E-state index contributed by atoms with van der Waals surface area (Å²) in [5.41, 5.74) is 4.71. The lowest BCUT2D eigenvalue weighted by atomic mass is 10.1. The number of methoxy groups -OCH3 is 1. The normalized spacial score (nSPS) is 10.9. The Labute approximate surface area is 162 Å². The maximum atomic E-state index is 12.3. The molecule has 0 unspecified atom stereocenters. The first kappa shape index (κ1) is 17.9. The number of hydrogen-bond acceptors (Lipinski definition) is 4. The van der Waals surface area contributed by atoms with Crippen molar-refractivity contribution in [2.24, 2.45) is 0 Å². The summed E-state index contributed by atoms with van der Waals surface area (Å²) in [4.78, 5) is 15.6. The molecule has 0 saturated carbocycles. The molecule has 4 aromatic rings. The molecule has 6 heteroatoms. The number of aromatic amines is 1. The lowest BCUT2D eigenvalue weighted by Gasteiger charge is -2.04. The molecule has 0 bridgehead atoms.